The Morgan fingerprint density at radius 3 is 2.43 bits per heavy atom. The van der Waals surface area contributed by atoms with Crippen molar-refractivity contribution in [1.29, 1.82) is 0 Å². The molecule has 5 nitrogen and oxygen atoms in total. The lowest BCUT2D eigenvalue weighted by Gasteiger charge is -2.35. The highest BCUT2D eigenvalue weighted by Gasteiger charge is 2.32. The minimum absolute atomic E-state index is 0.0728. The van der Waals surface area contributed by atoms with Crippen molar-refractivity contribution in [2.45, 2.75) is 53.0 Å². The van der Waals surface area contributed by atoms with Crippen LogP contribution in [0.2, 0.25) is 0 Å². The average Bonchev–Trinajstić information content (AvgIpc) is 2.31. The number of hydrogen-bond acceptors (Lipinski definition) is 4. The predicted molar refractivity (Wildman–Crippen MR) is 85.7 cm³/mol. The van der Waals surface area contributed by atoms with E-state index < -0.39 is 9.84 Å². The van der Waals surface area contributed by atoms with Gasteiger partial charge >= 0.3 is 0 Å². The largest absolute Gasteiger partial charge is 0.338 e. The van der Waals surface area contributed by atoms with Crippen LogP contribution < -0.4 is 5.73 Å². The van der Waals surface area contributed by atoms with Gasteiger partial charge in [0.1, 0.15) is 0 Å². The highest BCUT2D eigenvalue weighted by Crippen LogP contribution is 2.32. The molecule has 6 heteroatoms. The van der Waals surface area contributed by atoms with Gasteiger partial charge in [0, 0.05) is 19.0 Å². The second-order valence-electron chi connectivity index (χ2n) is 7.23. The van der Waals surface area contributed by atoms with Gasteiger partial charge in [-0.1, -0.05) is 20.8 Å². The lowest BCUT2D eigenvalue weighted by Crippen LogP contribution is -2.49. The maximum atomic E-state index is 12.4. The molecule has 0 aromatic carbocycles. The van der Waals surface area contributed by atoms with Gasteiger partial charge in [0.05, 0.1) is 11.5 Å². The Morgan fingerprint density at radius 2 is 1.95 bits per heavy atom. The van der Waals surface area contributed by atoms with Crippen LogP contribution in [0.25, 0.3) is 0 Å². The number of sulfone groups is 1. The first-order valence-electron chi connectivity index (χ1n) is 7.77. The minimum Gasteiger partial charge on any atom is -0.338 e. The average molecular weight is 318 g/mol. The smallest absolute Gasteiger partial charge is 0.222 e. The molecule has 2 N–H and O–H groups in total. The summed E-state index contributed by atoms with van der Waals surface area (Å²) >= 11 is 0. The van der Waals surface area contributed by atoms with E-state index in [4.69, 9.17) is 5.73 Å². The van der Waals surface area contributed by atoms with E-state index in [1.807, 2.05) is 6.92 Å². The van der Waals surface area contributed by atoms with Crippen molar-refractivity contribution in [3.63, 3.8) is 0 Å². The molecule has 1 aliphatic rings. The van der Waals surface area contributed by atoms with E-state index in [-0.39, 0.29) is 28.9 Å². The third-order valence-electron chi connectivity index (χ3n) is 4.44. The van der Waals surface area contributed by atoms with Crippen LogP contribution in [0.5, 0.6) is 0 Å². The maximum absolute atomic E-state index is 12.4. The summed E-state index contributed by atoms with van der Waals surface area (Å²) in [5.41, 5.74) is 5.80. The minimum atomic E-state index is -2.97. The molecule has 1 heterocycles. The van der Waals surface area contributed by atoms with Crippen LogP contribution in [0.3, 0.4) is 0 Å². The Balaban J connectivity index is 2.57. The first-order chi connectivity index (χ1) is 9.57. The molecule has 0 spiro atoms. The summed E-state index contributed by atoms with van der Waals surface area (Å²) < 4.78 is 23.1. The standard InChI is InChI=1S/C15H30N2O3S/c1-12-11-21(19,20)10-9-17(12)14(18)6-5-13(7-8-16)15(2,3)4/h12-13H,5-11,16H2,1-4H3. The van der Waals surface area contributed by atoms with Gasteiger partial charge in [-0.2, -0.15) is 0 Å². The molecule has 21 heavy (non-hydrogen) atoms. The maximum Gasteiger partial charge on any atom is 0.222 e. The van der Waals surface area contributed by atoms with Crippen LogP contribution in [-0.2, 0) is 14.6 Å². The highest BCUT2D eigenvalue weighted by atomic mass is 32.2. The Morgan fingerprint density at radius 1 is 1.33 bits per heavy atom. The number of nitrogens with two attached hydrogens (primary N) is 1. The van der Waals surface area contributed by atoms with Crippen molar-refractivity contribution in [2.75, 3.05) is 24.6 Å². The molecule has 2 atom stereocenters. The SMILES string of the molecule is CC1CS(=O)(=O)CCN1C(=O)CCC(CCN)C(C)(C)C. The van der Waals surface area contributed by atoms with Crippen molar-refractivity contribution in [3.8, 4) is 0 Å². The highest BCUT2D eigenvalue weighted by molar-refractivity contribution is 7.91. The number of carbonyl (C=O) groups is 1. The van der Waals surface area contributed by atoms with Gasteiger partial charge in [0.25, 0.3) is 0 Å². The molecular formula is C15H30N2O3S. The van der Waals surface area contributed by atoms with Gasteiger partial charge < -0.3 is 10.6 Å². The van der Waals surface area contributed by atoms with E-state index in [0.29, 0.717) is 25.4 Å². The zero-order valence-electron chi connectivity index (χ0n) is 13.8. The van der Waals surface area contributed by atoms with Gasteiger partial charge in [0.2, 0.25) is 5.91 Å². The summed E-state index contributed by atoms with van der Waals surface area (Å²) in [4.78, 5) is 14.1. The quantitative estimate of drug-likeness (QED) is 0.831. The van der Waals surface area contributed by atoms with Crippen LogP contribution in [-0.4, -0.2) is 49.9 Å². The molecule has 0 radical (unpaired) electrons. The zero-order valence-corrected chi connectivity index (χ0v) is 14.6. The fourth-order valence-electron chi connectivity index (χ4n) is 3.02. The lowest BCUT2D eigenvalue weighted by molar-refractivity contribution is -0.133. The first kappa shape index (κ1) is 18.4. The summed E-state index contributed by atoms with van der Waals surface area (Å²) in [6.45, 7) is 9.30. The van der Waals surface area contributed by atoms with Crippen LogP contribution >= 0.6 is 0 Å². The zero-order chi connectivity index (χ0) is 16.3. The number of rotatable bonds is 5. The van der Waals surface area contributed by atoms with Gasteiger partial charge in [-0.15, -0.1) is 0 Å². The van der Waals surface area contributed by atoms with Crippen molar-refractivity contribution >= 4 is 15.7 Å². The Labute approximate surface area is 129 Å². The van der Waals surface area contributed by atoms with E-state index in [1.165, 1.54) is 0 Å². The third kappa shape index (κ3) is 5.58. The van der Waals surface area contributed by atoms with Crippen LogP contribution in [0, 0.1) is 11.3 Å². The second kappa shape index (κ2) is 7.09. The van der Waals surface area contributed by atoms with E-state index in [9.17, 15) is 13.2 Å². The van der Waals surface area contributed by atoms with Gasteiger partial charge in [-0.05, 0) is 37.6 Å². The molecule has 1 rings (SSSR count). The molecule has 2 unspecified atom stereocenters. The summed E-state index contributed by atoms with van der Waals surface area (Å²) in [5.74, 6) is 0.665. The number of carbonyl (C=O) groups excluding carboxylic acids is 1. The molecule has 1 fully saturated rings. The summed E-state index contributed by atoms with van der Waals surface area (Å²) in [5, 5.41) is 0. The summed E-state index contributed by atoms with van der Waals surface area (Å²) in [7, 11) is -2.97. The molecule has 0 bridgehead atoms. The monoisotopic (exact) mass is 318 g/mol. The fraction of sp³-hybridized carbons (Fsp3) is 0.933. The second-order valence-corrected chi connectivity index (χ2v) is 9.46. The third-order valence-corrected chi connectivity index (χ3v) is 6.23. The van der Waals surface area contributed by atoms with Gasteiger partial charge in [-0.25, -0.2) is 8.42 Å². The molecule has 0 aliphatic carbocycles. The fourth-order valence-corrected chi connectivity index (χ4v) is 4.58. The Bertz CT molecular complexity index is 454. The van der Waals surface area contributed by atoms with Crippen LogP contribution in [0.1, 0.15) is 47.0 Å². The molecule has 124 valence electrons. The van der Waals surface area contributed by atoms with Crippen LogP contribution in [0.4, 0.5) is 0 Å². The van der Waals surface area contributed by atoms with Crippen LogP contribution in [0.15, 0.2) is 0 Å². The predicted octanol–water partition coefficient (Wildman–Crippen LogP) is 1.42. The van der Waals surface area contributed by atoms with Gasteiger partial charge in [-0.3, -0.25) is 4.79 Å². The summed E-state index contributed by atoms with van der Waals surface area (Å²) in [6, 6.07) is -0.209. The first-order valence-corrected chi connectivity index (χ1v) is 9.59. The molecule has 0 aromatic rings. The van der Waals surface area contributed by atoms with Crippen molar-refractivity contribution in [3.05, 3.63) is 0 Å². The van der Waals surface area contributed by atoms with Crippen molar-refractivity contribution < 1.29 is 13.2 Å². The molecule has 1 aliphatic heterocycles. The Kier molecular flexibility index (Phi) is 6.23. The number of nitrogens with zero attached hydrogens (tertiary/aromatic N) is 1. The van der Waals surface area contributed by atoms with E-state index in [1.54, 1.807) is 4.90 Å². The van der Waals surface area contributed by atoms with Crippen molar-refractivity contribution in [2.24, 2.45) is 17.1 Å². The topological polar surface area (TPSA) is 80.5 Å². The molecular weight excluding hydrogens is 288 g/mol. The molecule has 0 saturated carbocycles. The lowest BCUT2D eigenvalue weighted by atomic mass is 9.76. The molecule has 1 saturated heterocycles. The van der Waals surface area contributed by atoms with Crippen molar-refractivity contribution in [1.82, 2.24) is 4.90 Å². The Hall–Kier alpha value is -0.620. The van der Waals surface area contributed by atoms with E-state index in [0.717, 1.165) is 12.8 Å². The van der Waals surface area contributed by atoms with Gasteiger partial charge in [0.15, 0.2) is 9.84 Å². The number of amides is 1. The molecule has 0 aromatic heterocycles. The molecule has 1 amide bonds. The van der Waals surface area contributed by atoms with E-state index >= 15 is 0 Å². The normalized spacial score (nSPS) is 23.9. The summed E-state index contributed by atoms with van der Waals surface area (Å²) in [6.07, 6.45) is 2.21. The van der Waals surface area contributed by atoms with E-state index in [2.05, 4.69) is 20.8 Å². The number of hydrogen-bond donors (Lipinski definition) is 1.